The number of carbonyl (C=O) groups is 2. The number of hydrogen-bond acceptors (Lipinski definition) is 5. The molecule has 3 aromatic rings. The molecule has 0 bridgehead atoms. The molecule has 2 heterocycles. The van der Waals surface area contributed by atoms with E-state index in [1.54, 1.807) is 12.1 Å². The van der Waals surface area contributed by atoms with Gasteiger partial charge in [0.15, 0.2) is 0 Å². The van der Waals surface area contributed by atoms with Crippen LogP contribution in [0.25, 0.3) is 0 Å². The smallest absolute Gasteiger partial charge is 0.259 e. The van der Waals surface area contributed by atoms with E-state index >= 15 is 0 Å². The van der Waals surface area contributed by atoms with Crippen LogP contribution in [0.3, 0.4) is 0 Å². The molecule has 186 valence electrons. The third kappa shape index (κ3) is 4.42. The van der Waals surface area contributed by atoms with Crippen molar-refractivity contribution >= 4 is 27.3 Å². The van der Waals surface area contributed by atoms with Gasteiger partial charge in [-0.1, -0.05) is 49.4 Å². The van der Waals surface area contributed by atoms with Gasteiger partial charge in [0.05, 0.1) is 27.6 Å². The molecule has 0 saturated carbocycles. The zero-order valence-corrected chi connectivity index (χ0v) is 21.0. The summed E-state index contributed by atoms with van der Waals surface area (Å²) in [4.78, 5) is 30.6. The van der Waals surface area contributed by atoms with Crippen LogP contribution in [0.5, 0.6) is 0 Å². The van der Waals surface area contributed by atoms with Crippen molar-refractivity contribution in [2.75, 3.05) is 24.5 Å². The average molecular weight is 504 g/mol. The highest BCUT2D eigenvalue weighted by molar-refractivity contribution is 7.91. The van der Waals surface area contributed by atoms with Crippen LogP contribution >= 0.6 is 0 Å². The van der Waals surface area contributed by atoms with Crippen molar-refractivity contribution in [3.8, 4) is 0 Å². The van der Waals surface area contributed by atoms with E-state index in [1.807, 2.05) is 30.3 Å². The van der Waals surface area contributed by atoms with E-state index in [1.165, 1.54) is 35.2 Å². The first kappa shape index (κ1) is 24.2. The molecule has 1 unspecified atom stereocenters. The van der Waals surface area contributed by atoms with Crippen LogP contribution in [-0.4, -0.2) is 50.8 Å². The van der Waals surface area contributed by atoms with Gasteiger partial charge in [-0.15, -0.1) is 0 Å². The number of likely N-dealkylation sites (N-methyl/N-ethyl adjacent to an activating group) is 1. The van der Waals surface area contributed by atoms with Crippen molar-refractivity contribution in [3.05, 3.63) is 89.5 Å². The predicted octanol–water partition coefficient (Wildman–Crippen LogP) is 3.89. The average Bonchev–Trinajstić information content (AvgIpc) is 3.35. The third-order valence-electron chi connectivity index (χ3n) is 7.04. The number of amides is 2. The fraction of sp³-hybridized carbons (Fsp3) is 0.286. The number of sulfone groups is 1. The highest BCUT2D eigenvalue weighted by atomic mass is 32.2. The molecule has 3 aromatic carbocycles. The molecule has 1 atom stereocenters. The van der Waals surface area contributed by atoms with Gasteiger partial charge in [0.25, 0.3) is 11.8 Å². The summed E-state index contributed by atoms with van der Waals surface area (Å²) in [6.45, 7) is 4.79. The first-order chi connectivity index (χ1) is 17.4. The Morgan fingerprint density at radius 2 is 1.75 bits per heavy atom. The second-order valence-corrected chi connectivity index (χ2v) is 11.1. The van der Waals surface area contributed by atoms with Gasteiger partial charge < -0.3 is 10.2 Å². The van der Waals surface area contributed by atoms with Crippen LogP contribution in [0.15, 0.2) is 82.6 Å². The topological polar surface area (TPSA) is 86.8 Å². The molecule has 0 aromatic heterocycles. The first-order valence-electron chi connectivity index (χ1n) is 12.3. The summed E-state index contributed by atoms with van der Waals surface area (Å²) in [5, 5.41) is 3.01. The van der Waals surface area contributed by atoms with Crippen LogP contribution < -0.4 is 10.2 Å². The lowest BCUT2D eigenvalue weighted by atomic mass is 10.1. The van der Waals surface area contributed by atoms with Crippen molar-refractivity contribution in [1.29, 1.82) is 0 Å². The Balaban J connectivity index is 1.54. The Morgan fingerprint density at radius 3 is 2.53 bits per heavy atom. The van der Waals surface area contributed by atoms with E-state index in [0.717, 1.165) is 31.5 Å². The summed E-state index contributed by atoms with van der Waals surface area (Å²) in [6, 6.07) is 20.5. The minimum atomic E-state index is -3.98. The number of benzene rings is 3. The van der Waals surface area contributed by atoms with Crippen LogP contribution in [0.2, 0.25) is 0 Å². The van der Waals surface area contributed by atoms with Gasteiger partial charge in [-0.25, -0.2) is 8.42 Å². The van der Waals surface area contributed by atoms with Crippen LogP contribution in [0, 0.1) is 0 Å². The Bertz CT molecular complexity index is 1410. The quantitative estimate of drug-likeness (QED) is 0.552. The Kier molecular flexibility index (Phi) is 6.64. The second kappa shape index (κ2) is 9.87. The van der Waals surface area contributed by atoms with Gasteiger partial charge in [-0.3, -0.25) is 14.5 Å². The fourth-order valence-corrected chi connectivity index (χ4v) is 6.76. The van der Waals surface area contributed by atoms with E-state index in [-0.39, 0.29) is 33.5 Å². The van der Waals surface area contributed by atoms with E-state index in [9.17, 15) is 18.0 Å². The number of hydrogen-bond donors (Lipinski definition) is 1. The van der Waals surface area contributed by atoms with Crippen LogP contribution in [0.1, 0.15) is 46.0 Å². The minimum absolute atomic E-state index is 0.0150. The standard InChI is InChI=1S/C28H29N3O4S/c1-2-30-16-8-11-22(30)18-29-27(32)21-14-15-26-24(17-21)31(19-20-9-4-3-5-10-20)28(33)23-12-6-7-13-25(23)36(26,34)35/h3-7,9-10,12-15,17,22H,2,8,11,16,18-19H2,1H3,(H,29,32). The number of carbonyl (C=O) groups excluding carboxylic acids is 2. The fourth-order valence-electron chi connectivity index (χ4n) is 5.13. The van der Waals surface area contributed by atoms with Gasteiger partial charge in [-0.05, 0) is 61.8 Å². The normalized spacial score (nSPS) is 18.9. The predicted molar refractivity (Wildman–Crippen MR) is 138 cm³/mol. The third-order valence-corrected chi connectivity index (χ3v) is 8.90. The maximum Gasteiger partial charge on any atom is 0.259 e. The number of fused-ring (bicyclic) bond motifs is 2. The largest absolute Gasteiger partial charge is 0.350 e. The molecule has 0 radical (unpaired) electrons. The second-order valence-electron chi connectivity index (χ2n) is 9.19. The molecule has 1 saturated heterocycles. The molecule has 7 nitrogen and oxygen atoms in total. The Hall–Kier alpha value is -3.49. The molecule has 2 aliphatic heterocycles. The maximum atomic E-state index is 13.7. The summed E-state index contributed by atoms with van der Waals surface area (Å²) in [5.41, 5.74) is 1.51. The molecule has 1 fully saturated rings. The van der Waals surface area contributed by atoms with Gasteiger partial charge in [-0.2, -0.15) is 0 Å². The molecule has 8 heteroatoms. The van der Waals surface area contributed by atoms with Crippen molar-refractivity contribution in [3.63, 3.8) is 0 Å². The number of likely N-dealkylation sites (tertiary alicyclic amines) is 1. The van der Waals surface area contributed by atoms with Crippen molar-refractivity contribution in [2.24, 2.45) is 0 Å². The highest BCUT2D eigenvalue weighted by Crippen LogP contribution is 2.38. The lowest BCUT2D eigenvalue weighted by Gasteiger charge is -2.24. The lowest BCUT2D eigenvalue weighted by Crippen LogP contribution is -2.40. The van der Waals surface area contributed by atoms with Gasteiger partial charge in [0.1, 0.15) is 0 Å². The first-order valence-corrected chi connectivity index (χ1v) is 13.7. The minimum Gasteiger partial charge on any atom is -0.350 e. The Morgan fingerprint density at radius 1 is 1.00 bits per heavy atom. The highest BCUT2D eigenvalue weighted by Gasteiger charge is 2.36. The van der Waals surface area contributed by atoms with E-state index in [0.29, 0.717) is 18.2 Å². The number of anilines is 1. The van der Waals surface area contributed by atoms with Gasteiger partial charge >= 0.3 is 0 Å². The summed E-state index contributed by atoms with van der Waals surface area (Å²) < 4.78 is 27.2. The van der Waals surface area contributed by atoms with Crippen molar-refractivity contribution < 1.29 is 18.0 Å². The summed E-state index contributed by atoms with van der Waals surface area (Å²) in [6.07, 6.45) is 2.15. The van der Waals surface area contributed by atoms with Crippen molar-refractivity contribution in [2.45, 2.75) is 42.1 Å². The molecule has 5 rings (SSSR count). The van der Waals surface area contributed by atoms with Gasteiger partial charge in [0.2, 0.25) is 9.84 Å². The molecular weight excluding hydrogens is 474 g/mol. The van der Waals surface area contributed by atoms with Crippen LogP contribution in [0.4, 0.5) is 5.69 Å². The zero-order valence-electron chi connectivity index (χ0n) is 20.2. The lowest BCUT2D eigenvalue weighted by molar-refractivity contribution is 0.0938. The number of rotatable bonds is 6. The van der Waals surface area contributed by atoms with Crippen LogP contribution in [-0.2, 0) is 16.4 Å². The molecule has 1 N–H and O–H groups in total. The van der Waals surface area contributed by atoms with E-state index < -0.39 is 15.7 Å². The van der Waals surface area contributed by atoms with E-state index in [2.05, 4.69) is 17.1 Å². The van der Waals surface area contributed by atoms with Gasteiger partial charge in [0, 0.05) is 18.2 Å². The maximum absolute atomic E-state index is 13.7. The zero-order chi connectivity index (χ0) is 25.3. The molecule has 2 aliphatic rings. The molecule has 36 heavy (non-hydrogen) atoms. The molecular formula is C28H29N3O4S. The monoisotopic (exact) mass is 503 g/mol. The molecule has 0 spiro atoms. The summed E-state index contributed by atoms with van der Waals surface area (Å²) in [5.74, 6) is -0.703. The molecule has 0 aliphatic carbocycles. The number of nitrogens with zero attached hydrogens (tertiary/aromatic N) is 2. The summed E-state index contributed by atoms with van der Waals surface area (Å²) >= 11 is 0. The SMILES string of the molecule is CCN1CCCC1CNC(=O)c1ccc2c(c1)N(Cc1ccccc1)C(=O)c1ccccc1S2(=O)=O. The Labute approximate surface area is 211 Å². The number of nitrogens with one attached hydrogen (secondary N) is 1. The van der Waals surface area contributed by atoms with E-state index in [4.69, 9.17) is 0 Å². The van der Waals surface area contributed by atoms with Crippen molar-refractivity contribution in [1.82, 2.24) is 10.2 Å². The molecule has 2 amide bonds. The summed E-state index contributed by atoms with van der Waals surface area (Å²) in [7, 11) is -3.98.